The maximum Gasteiger partial charge on any atom is 0.325 e. The molecule has 0 bridgehead atoms. The fourth-order valence-electron chi connectivity index (χ4n) is 3.49. The number of rotatable bonds is 9. The van der Waals surface area contributed by atoms with Crippen LogP contribution in [0.15, 0.2) is 16.1 Å². The van der Waals surface area contributed by atoms with Gasteiger partial charge in [-0.2, -0.15) is 0 Å². The minimum atomic E-state index is -1.32. The monoisotopic (exact) mass is 560 g/mol. The molecule has 4 heterocycles. The molecule has 18 heteroatoms. The van der Waals surface area contributed by atoms with Gasteiger partial charge in [0.2, 0.25) is 11.1 Å². The number of thiazole rings is 1. The van der Waals surface area contributed by atoms with E-state index in [2.05, 4.69) is 25.8 Å². The van der Waals surface area contributed by atoms with E-state index >= 15 is 0 Å². The van der Waals surface area contributed by atoms with Crippen LogP contribution >= 0.6 is 46.5 Å². The second kappa shape index (κ2) is 10.00. The highest BCUT2D eigenvalue weighted by atomic mass is 35.5. The number of nitrogens with two attached hydrogens (primary N) is 1. The molecule has 5 N–H and O–H groups in total. The number of fused-ring (bicyclic) bond motifs is 1. The third kappa shape index (κ3) is 4.93. The van der Waals surface area contributed by atoms with Crippen LogP contribution in [0.2, 0.25) is 0 Å². The van der Waals surface area contributed by atoms with Crippen LogP contribution in [-0.2, 0) is 25.7 Å². The molecule has 35 heavy (non-hydrogen) atoms. The molecule has 2 aromatic rings. The number of carbonyl (C=O) groups is 4. The van der Waals surface area contributed by atoms with Crippen LogP contribution in [0.5, 0.6) is 0 Å². The number of amides is 2. The number of nitrogens with zero attached hydrogens (tertiary/aromatic N) is 6. The summed E-state index contributed by atoms with van der Waals surface area (Å²) in [6.45, 7) is -0.552. The molecular formula is C17H17ClN8O6S3. The quantitative estimate of drug-likeness (QED) is 0.176. The first-order chi connectivity index (χ1) is 16.6. The van der Waals surface area contributed by atoms with Gasteiger partial charge in [-0.05, 0) is 10.4 Å². The highest BCUT2D eigenvalue weighted by Gasteiger charge is 2.57. The van der Waals surface area contributed by atoms with Crippen LogP contribution in [-0.4, -0.2) is 93.5 Å². The molecule has 2 unspecified atom stereocenters. The molecule has 186 valence electrons. The largest absolute Gasteiger partial charge is 0.481 e. The Morgan fingerprint density at radius 1 is 1.40 bits per heavy atom. The maximum atomic E-state index is 12.8. The predicted molar refractivity (Wildman–Crippen MR) is 126 cm³/mol. The molecule has 4 rings (SSSR count). The molecule has 0 aliphatic carbocycles. The van der Waals surface area contributed by atoms with Crippen molar-refractivity contribution in [3.05, 3.63) is 16.6 Å². The molecule has 0 saturated carbocycles. The average Bonchev–Trinajstić information content (AvgIpc) is 3.44. The van der Waals surface area contributed by atoms with Gasteiger partial charge in [-0.25, -0.2) is 9.67 Å². The Labute approximate surface area is 214 Å². The number of carboxylic acid groups (broad SMARTS) is 2. The number of tetrazole rings is 1. The lowest BCUT2D eigenvalue weighted by atomic mass is 9.89. The van der Waals surface area contributed by atoms with E-state index in [1.54, 1.807) is 5.38 Å². The predicted octanol–water partition coefficient (Wildman–Crippen LogP) is -0.361. The van der Waals surface area contributed by atoms with Gasteiger partial charge in [-0.3, -0.25) is 19.2 Å². The van der Waals surface area contributed by atoms with E-state index in [9.17, 15) is 24.3 Å². The number of aromatic nitrogens is 5. The van der Waals surface area contributed by atoms with Gasteiger partial charge >= 0.3 is 11.9 Å². The summed E-state index contributed by atoms with van der Waals surface area (Å²) in [5.41, 5.74) is 5.68. The Hall–Kier alpha value is -2.89. The van der Waals surface area contributed by atoms with Crippen molar-refractivity contribution in [1.82, 2.24) is 35.4 Å². The summed E-state index contributed by atoms with van der Waals surface area (Å²) in [4.78, 5) is 54.1. The second-order valence-electron chi connectivity index (χ2n) is 7.60. The minimum absolute atomic E-state index is 0.00718. The minimum Gasteiger partial charge on any atom is -0.481 e. The first kappa shape index (κ1) is 25.2. The summed E-state index contributed by atoms with van der Waals surface area (Å²) < 4.78 is 1.06. The Bertz CT molecular complexity index is 1220. The van der Waals surface area contributed by atoms with Crippen LogP contribution in [0.4, 0.5) is 5.13 Å². The van der Waals surface area contributed by atoms with E-state index in [0.717, 1.165) is 33.3 Å². The number of halogens is 1. The highest BCUT2D eigenvalue weighted by molar-refractivity contribution is 8.00. The maximum absolute atomic E-state index is 12.8. The number of hydrogen-bond donors (Lipinski definition) is 4. The first-order valence-electron chi connectivity index (χ1n) is 9.74. The topological polar surface area (TPSA) is 207 Å². The summed E-state index contributed by atoms with van der Waals surface area (Å²) in [7, 11) is 0. The highest BCUT2D eigenvalue weighted by Crippen LogP contribution is 2.44. The van der Waals surface area contributed by atoms with E-state index in [0.29, 0.717) is 0 Å². The molecule has 0 aromatic carbocycles. The van der Waals surface area contributed by atoms with Crippen LogP contribution in [0.1, 0.15) is 5.69 Å². The lowest BCUT2D eigenvalue weighted by molar-refractivity contribution is -0.157. The summed E-state index contributed by atoms with van der Waals surface area (Å²) in [6.07, 6.45) is 0. The van der Waals surface area contributed by atoms with Crippen LogP contribution < -0.4 is 11.1 Å². The Balaban J connectivity index is 1.41. The number of aliphatic carboxylic acids is 2. The van der Waals surface area contributed by atoms with Crippen LogP contribution in [0.3, 0.4) is 0 Å². The van der Waals surface area contributed by atoms with Crippen molar-refractivity contribution >= 4 is 80.9 Å². The van der Waals surface area contributed by atoms with Gasteiger partial charge in [0.15, 0.2) is 5.13 Å². The Morgan fingerprint density at radius 3 is 2.80 bits per heavy atom. The van der Waals surface area contributed by atoms with Crippen molar-refractivity contribution in [2.45, 2.75) is 23.1 Å². The number of nitrogen functional groups attached to an aromatic ring is 1. The number of thioether (sulfide) groups is 2. The summed E-state index contributed by atoms with van der Waals surface area (Å²) in [5.74, 6) is -3.12. The molecule has 2 aliphatic rings. The smallest absolute Gasteiger partial charge is 0.325 e. The van der Waals surface area contributed by atoms with Crippen molar-refractivity contribution < 1.29 is 29.4 Å². The van der Waals surface area contributed by atoms with Crippen molar-refractivity contribution in [2.24, 2.45) is 5.41 Å². The first-order valence-corrected chi connectivity index (χ1v) is 13.1. The standard InChI is InChI=1S/C17H17ClN8O6S3/c18-1-7(8-3-33-15(19)20-8)11(29)21-10-12(30)25-4-17(14(31)32,5-34-13(10)25)6-35-16-22-23-24-26(16)2-9(27)28/h1,3,10,13H,2,4-6H2,(H2,19,20)(H,21,29)(H,27,28)(H,31,32)/t10?,13-,17?/m1/s1. The lowest BCUT2D eigenvalue weighted by Crippen LogP contribution is -2.74. The number of carboxylic acids is 2. The van der Waals surface area contributed by atoms with Crippen molar-refractivity contribution in [3.8, 4) is 0 Å². The average molecular weight is 561 g/mol. The van der Waals surface area contributed by atoms with E-state index in [-0.39, 0.29) is 39.6 Å². The van der Waals surface area contributed by atoms with Crippen LogP contribution in [0, 0.1) is 5.41 Å². The molecule has 2 aliphatic heterocycles. The SMILES string of the molecule is Nc1nc(C(=CCl)C(=O)NC2C(=O)N3CC(CSc4nnnn4CC(=O)O)(C(=O)O)CS[C@H]23)cs1. The third-order valence-corrected chi connectivity index (χ3v) is 9.03. The van der Waals surface area contributed by atoms with E-state index in [4.69, 9.17) is 22.4 Å². The zero-order chi connectivity index (χ0) is 25.3. The molecule has 2 fully saturated rings. The van der Waals surface area contributed by atoms with Gasteiger partial charge < -0.3 is 26.2 Å². The Kier molecular flexibility index (Phi) is 7.20. The number of β-lactam (4-membered cyclic amide) rings is 1. The fourth-order valence-corrected chi connectivity index (χ4v) is 7.00. The van der Waals surface area contributed by atoms with Crippen molar-refractivity contribution in [1.29, 1.82) is 0 Å². The zero-order valence-corrected chi connectivity index (χ0v) is 20.7. The van der Waals surface area contributed by atoms with E-state index < -0.39 is 47.1 Å². The van der Waals surface area contributed by atoms with E-state index in [1.807, 2.05) is 0 Å². The van der Waals surface area contributed by atoms with Gasteiger partial charge in [0.25, 0.3) is 5.91 Å². The molecule has 3 atom stereocenters. The fraction of sp³-hybridized carbons (Fsp3) is 0.412. The number of anilines is 1. The van der Waals surface area contributed by atoms with Crippen molar-refractivity contribution in [2.75, 3.05) is 23.8 Å². The van der Waals surface area contributed by atoms with Gasteiger partial charge in [0.05, 0.1) is 11.3 Å². The molecule has 14 nitrogen and oxygen atoms in total. The second-order valence-corrected chi connectivity index (χ2v) is 10.8. The number of nitrogens with one attached hydrogen (secondary N) is 1. The third-order valence-electron chi connectivity index (χ3n) is 5.30. The molecule has 2 aromatic heterocycles. The summed E-state index contributed by atoms with van der Waals surface area (Å²) >= 11 is 9.17. The van der Waals surface area contributed by atoms with Gasteiger partial charge in [-0.1, -0.05) is 23.4 Å². The molecule has 2 amide bonds. The molecular weight excluding hydrogens is 544 g/mol. The summed E-state index contributed by atoms with van der Waals surface area (Å²) in [5, 5.41) is 33.9. The molecule has 0 spiro atoms. The lowest BCUT2D eigenvalue weighted by Gasteiger charge is -2.53. The zero-order valence-electron chi connectivity index (χ0n) is 17.5. The van der Waals surface area contributed by atoms with E-state index in [1.165, 1.54) is 16.7 Å². The molecule has 2 saturated heterocycles. The van der Waals surface area contributed by atoms with Gasteiger partial charge in [0.1, 0.15) is 23.4 Å². The normalized spacial score (nSPS) is 24.0. The Morgan fingerprint density at radius 2 is 2.17 bits per heavy atom. The van der Waals surface area contributed by atoms with Crippen molar-refractivity contribution in [3.63, 3.8) is 0 Å². The van der Waals surface area contributed by atoms with Crippen LogP contribution in [0.25, 0.3) is 5.57 Å². The molecule has 0 radical (unpaired) electrons. The number of carbonyl (C=O) groups excluding carboxylic acids is 2. The number of hydrogen-bond acceptors (Lipinski definition) is 12. The van der Waals surface area contributed by atoms with Gasteiger partial charge in [-0.15, -0.1) is 28.2 Å². The summed E-state index contributed by atoms with van der Waals surface area (Å²) in [6, 6.07) is -0.850. The van der Waals surface area contributed by atoms with Gasteiger partial charge in [0, 0.05) is 29.0 Å².